The van der Waals surface area contributed by atoms with Crippen molar-refractivity contribution in [2.75, 3.05) is 13.4 Å². The third kappa shape index (κ3) is 5.11. The summed E-state index contributed by atoms with van der Waals surface area (Å²) in [5.74, 6) is 3.31. The van der Waals surface area contributed by atoms with Crippen LogP contribution in [0.25, 0.3) is 0 Å². The SMILES string of the molecule is C=C1Oc2cc(C(C)(C)CCCCCC)cc(OCOCC)c2[C@@H]2C=C(C)CCC12. The van der Waals surface area contributed by atoms with E-state index in [0.29, 0.717) is 12.5 Å². The van der Waals surface area contributed by atoms with Crippen molar-refractivity contribution in [3.8, 4) is 11.5 Å². The highest BCUT2D eigenvalue weighted by Gasteiger charge is 2.38. The maximum absolute atomic E-state index is 6.32. The Morgan fingerprint density at radius 3 is 2.70 bits per heavy atom. The molecule has 0 radical (unpaired) electrons. The van der Waals surface area contributed by atoms with Gasteiger partial charge in [0.1, 0.15) is 17.3 Å². The zero-order chi connectivity index (χ0) is 21.7. The van der Waals surface area contributed by atoms with E-state index in [0.717, 1.165) is 42.1 Å². The van der Waals surface area contributed by atoms with Gasteiger partial charge in [0, 0.05) is 24.0 Å². The Bertz CT molecular complexity index is 775. The summed E-state index contributed by atoms with van der Waals surface area (Å²) >= 11 is 0. The van der Waals surface area contributed by atoms with E-state index in [9.17, 15) is 0 Å². The van der Waals surface area contributed by atoms with Crippen molar-refractivity contribution in [1.82, 2.24) is 0 Å². The lowest BCUT2D eigenvalue weighted by atomic mass is 9.73. The van der Waals surface area contributed by atoms with Gasteiger partial charge in [0.15, 0.2) is 6.79 Å². The molecule has 1 aliphatic carbocycles. The number of benzene rings is 1. The summed E-state index contributed by atoms with van der Waals surface area (Å²) in [6.07, 6.45) is 10.8. The predicted molar refractivity (Wildman–Crippen MR) is 124 cm³/mol. The molecule has 0 bridgehead atoms. The average Bonchev–Trinajstić information content (AvgIpc) is 2.71. The first-order valence-electron chi connectivity index (χ1n) is 11.8. The number of hydrogen-bond donors (Lipinski definition) is 0. The molecular formula is C27H40O3. The lowest BCUT2D eigenvalue weighted by Crippen LogP contribution is -2.27. The van der Waals surface area contributed by atoms with Crippen molar-refractivity contribution >= 4 is 0 Å². The van der Waals surface area contributed by atoms with Crippen LogP contribution in [-0.2, 0) is 10.2 Å². The minimum absolute atomic E-state index is 0.0619. The van der Waals surface area contributed by atoms with E-state index in [1.54, 1.807) is 0 Å². The van der Waals surface area contributed by atoms with Crippen LogP contribution in [0.4, 0.5) is 0 Å². The van der Waals surface area contributed by atoms with Crippen LogP contribution in [0, 0.1) is 5.92 Å². The first-order chi connectivity index (χ1) is 14.4. The summed E-state index contributed by atoms with van der Waals surface area (Å²) in [5, 5.41) is 0. The molecule has 3 rings (SSSR count). The minimum Gasteiger partial charge on any atom is -0.467 e. The lowest BCUT2D eigenvalue weighted by molar-refractivity contribution is 0.0210. The summed E-state index contributed by atoms with van der Waals surface area (Å²) in [6, 6.07) is 4.48. The highest BCUT2D eigenvalue weighted by molar-refractivity contribution is 5.56. The number of allylic oxidation sites excluding steroid dienone is 3. The molecule has 30 heavy (non-hydrogen) atoms. The number of rotatable bonds is 10. The smallest absolute Gasteiger partial charge is 0.189 e. The van der Waals surface area contributed by atoms with Crippen molar-refractivity contribution in [3.05, 3.63) is 47.2 Å². The van der Waals surface area contributed by atoms with Crippen LogP contribution in [0.15, 0.2) is 36.1 Å². The molecule has 1 aliphatic heterocycles. The minimum atomic E-state index is 0.0619. The van der Waals surface area contributed by atoms with Gasteiger partial charge in [-0.3, -0.25) is 0 Å². The molecule has 0 fully saturated rings. The van der Waals surface area contributed by atoms with Gasteiger partial charge in [-0.15, -0.1) is 0 Å². The second-order valence-electron chi connectivity index (χ2n) is 9.59. The summed E-state index contributed by atoms with van der Waals surface area (Å²) < 4.78 is 18.0. The number of hydrogen-bond acceptors (Lipinski definition) is 3. The molecule has 3 heteroatoms. The van der Waals surface area contributed by atoms with Gasteiger partial charge in [0.2, 0.25) is 0 Å². The van der Waals surface area contributed by atoms with E-state index in [2.05, 4.69) is 52.5 Å². The van der Waals surface area contributed by atoms with Gasteiger partial charge in [-0.1, -0.05) is 64.7 Å². The Labute approximate surface area is 183 Å². The first kappa shape index (κ1) is 22.9. The fourth-order valence-corrected chi connectivity index (χ4v) is 4.78. The van der Waals surface area contributed by atoms with Crippen LogP contribution in [0.1, 0.15) is 96.6 Å². The van der Waals surface area contributed by atoms with Crippen LogP contribution >= 0.6 is 0 Å². The Balaban J connectivity index is 1.98. The molecule has 3 nitrogen and oxygen atoms in total. The van der Waals surface area contributed by atoms with Crippen LogP contribution in [0.3, 0.4) is 0 Å². The summed E-state index contributed by atoms with van der Waals surface area (Å²) in [4.78, 5) is 0. The van der Waals surface area contributed by atoms with Crippen molar-refractivity contribution in [2.24, 2.45) is 5.92 Å². The van der Waals surface area contributed by atoms with Crippen molar-refractivity contribution < 1.29 is 14.2 Å². The van der Waals surface area contributed by atoms with Crippen LogP contribution in [0.5, 0.6) is 11.5 Å². The third-order valence-corrected chi connectivity index (χ3v) is 6.78. The molecule has 0 amide bonds. The van der Waals surface area contributed by atoms with E-state index in [1.807, 2.05) is 6.92 Å². The molecule has 1 aromatic carbocycles. The largest absolute Gasteiger partial charge is 0.467 e. The monoisotopic (exact) mass is 412 g/mol. The molecule has 1 aromatic rings. The molecule has 0 saturated heterocycles. The van der Waals surface area contributed by atoms with Gasteiger partial charge >= 0.3 is 0 Å². The first-order valence-corrected chi connectivity index (χ1v) is 11.8. The van der Waals surface area contributed by atoms with Gasteiger partial charge in [0.05, 0.1) is 0 Å². The van der Waals surface area contributed by atoms with E-state index >= 15 is 0 Å². The second-order valence-corrected chi connectivity index (χ2v) is 9.59. The molecule has 0 spiro atoms. The normalized spacial score (nSPS) is 20.8. The van der Waals surface area contributed by atoms with Gasteiger partial charge in [-0.05, 0) is 56.2 Å². The van der Waals surface area contributed by atoms with Gasteiger partial charge in [-0.2, -0.15) is 0 Å². The molecule has 0 aromatic heterocycles. The van der Waals surface area contributed by atoms with Gasteiger partial charge in [0.25, 0.3) is 0 Å². The summed E-state index contributed by atoms with van der Waals surface area (Å²) in [6.45, 7) is 16.3. The van der Waals surface area contributed by atoms with Gasteiger partial charge in [-0.25, -0.2) is 0 Å². The Kier molecular flexibility index (Phi) is 7.68. The van der Waals surface area contributed by atoms with Crippen molar-refractivity contribution in [1.29, 1.82) is 0 Å². The van der Waals surface area contributed by atoms with Crippen LogP contribution < -0.4 is 9.47 Å². The fraction of sp³-hybridized carbons (Fsp3) is 0.630. The molecule has 2 atom stereocenters. The Morgan fingerprint density at radius 1 is 1.17 bits per heavy atom. The van der Waals surface area contributed by atoms with Crippen molar-refractivity contribution in [2.45, 2.75) is 90.9 Å². The maximum atomic E-state index is 6.32. The van der Waals surface area contributed by atoms with E-state index in [-0.39, 0.29) is 18.1 Å². The highest BCUT2D eigenvalue weighted by atomic mass is 16.7. The predicted octanol–water partition coefficient (Wildman–Crippen LogP) is 7.65. The van der Waals surface area contributed by atoms with E-state index in [1.165, 1.54) is 36.8 Å². The molecular weight excluding hydrogens is 372 g/mol. The fourth-order valence-electron chi connectivity index (χ4n) is 4.78. The molecule has 1 heterocycles. The number of unbranched alkanes of at least 4 members (excludes halogenated alkanes) is 3. The molecule has 1 unspecified atom stereocenters. The molecule has 0 N–H and O–H groups in total. The summed E-state index contributed by atoms with van der Waals surface area (Å²) in [7, 11) is 0. The van der Waals surface area contributed by atoms with Gasteiger partial charge < -0.3 is 14.2 Å². The van der Waals surface area contributed by atoms with Crippen molar-refractivity contribution in [3.63, 3.8) is 0 Å². The van der Waals surface area contributed by atoms with Crippen LogP contribution in [-0.4, -0.2) is 13.4 Å². The zero-order valence-corrected chi connectivity index (χ0v) is 19.7. The lowest BCUT2D eigenvalue weighted by Gasteiger charge is -2.38. The topological polar surface area (TPSA) is 27.7 Å². The average molecular weight is 413 g/mol. The zero-order valence-electron chi connectivity index (χ0n) is 19.7. The summed E-state index contributed by atoms with van der Waals surface area (Å²) in [5.41, 5.74) is 3.93. The standard InChI is InChI=1S/C27H40O3/c1-7-9-10-11-14-27(5,6)21-16-24(29-18-28-8-2)26-23-15-19(3)12-13-22(23)20(4)30-25(26)17-21/h15-17,22-23H,4,7-14,18H2,1-3,5-6H3/t22?,23-/m1/s1. The quantitative estimate of drug-likeness (QED) is 0.224. The molecule has 166 valence electrons. The number of fused-ring (bicyclic) bond motifs is 3. The Morgan fingerprint density at radius 2 is 1.97 bits per heavy atom. The van der Waals surface area contributed by atoms with E-state index in [4.69, 9.17) is 14.2 Å². The highest BCUT2D eigenvalue weighted by Crippen LogP contribution is 2.52. The van der Waals surface area contributed by atoms with Crippen LogP contribution in [0.2, 0.25) is 0 Å². The molecule has 0 saturated carbocycles. The second kappa shape index (κ2) is 10.0. The molecule has 2 aliphatic rings. The maximum Gasteiger partial charge on any atom is 0.189 e. The third-order valence-electron chi connectivity index (χ3n) is 6.78. The number of ether oxygens (including phenoxy) is 3. The Hall–Kier alpha value is -1.74. The van der Waals surface area contributed by atoms with E-state index < -0.39 is 0 Å².